The summed E-state index contributed by atoms with van der Waals surface area (Å²) in [6, 6.07) is 0. The van der Waals surface area contributed by atoms with Crippen LogP contribution in [0.3, 0.4) is 0 Å². The van der Waals surface area contributed by atoms with Gasteiger partial charge in [0.15, 0.2) is 0 Å². The van der Waals surface area contributed by atoms with Gasteiger partial charge in [-0.1, -0.05) is 0 Å². The molecule has 0 fully saturated rings. The fourth-order valence-corrected chi connectivity index (χ4v) is 0.203. The molecule has 0 aromatic heterocycles. The second-order valence-electron chi connectivity index (χ2n) is 1.21. The molecule has 0 rings (SSSR count). The van der Waals surface area contributed by atoms with Crippen LogP contribution in [0.5, 0.6) is 0 Å². The van der Waals surface area contributed by atoms with Crippen molar-refractivity contribution >= 4 is 12.1 Å². The molecule has 62 valence electrons. The number of hydrogen-bond donors (Lipinski definition) is 2. The van der Waals surface area contributed by atoms with Gasteiger partial charge in [-0.15, -0.1) is 0 Å². The maximum absolute atomic E-state index is 9.82. The topological polar surface area (TPSA) is 83.8 Å². The minimum Gasteiger partial charge on any atom is -1.00 e. The number of esters is 1. The monoisotopic (exact) mass is 174 g/mol. The van der Waals surface area contributed by atoms with Gasteiger partial charge in [-0.2, -0.15) is 0 Å². The standard InChI is InChI=1S/C4H8O2.CH2O3.Na.H/c1-3-6-4(2)5;2-1(3)4;;/h3H2,1-2H3;(H2,2,3,4);;/q;;+1;-1. The van der Waals surface area contributed by atoms with E-state index >= 15 is 0 Å². The van der Waals surface area contributed by atoms with Crippen LogP contribution in [0.25, 0.3) is 0 Å². The van der Waals surface area contributed by atoms with Crippen LogP contribution in [0, 0.1) is 0 Å². The molecule has 0 radical (unpaired) electrons. The largest absolute Gasteiger partial charge is 1.00 e. The molecule has 0 amide bonds. The van der Waals surface area contributed by atoms with Crippen LogP contribution < -0.4 is 29.6 Å². The Morgan fingerprint density at radius 2 is 1.73 bits per heavy atom. The van der Waals surface area contributed by atoms with Crippen molar-refractivity contribution in [2.45, 2.75) is 13.8 Å². The second kappa shape index (κ2) is 12.4. The fourth-order valence-electron chi connectivity index (χ4n) is 0.203. The van der Waals surface area contributed by atoms with Crippen LogP contribution in [0.15, 0.2) is 0 Å². The zero-order chi connectivity index (χ0) is 8.57. The Bertz CT molecular complexity index is 114. The fraction of sp³-hybridized carbons (Fsp3) is 0.600. The number of carbonyl (C=O) groups excluding carboxylic acids is 1. The first-order valence-corrected chi connectivity index (χ1v) is 2.56. The summed E-state index contributed by atoms with van der Waals surface area (Å²) in [5, 5.41) is 13.9. The van der Waals surface area contributed by atoms with Gasteiger partial charge in [-0.3, -0.25) is 4.79 Å². The second-order valence-corrected chi connectivity index (χ2v) is 1.21. The van der Waals surface area contributed by atoms with Gasteiger partial charge in [0.05, 0.1) is 6.61 Å². The van der Waals surface area contributed by atoms with E-state index in [1.807, 2.05) is 0 Å². The van der Waals surface area contributed by atoms with Crippen LogP contribution in [0.4, 0.5) is 4.79 Å². The summed E-state index contributed by atoms with van der Waals surface area (Å²) in [6.45, 7) is 3.65. The van der Waals surface area contributed by atoms with Gasteiger partial charge in [-0.05, 0) is 6.92 Å². The Kier molecular flexibility index (Phi) is 19.2. The van der Waals surface area contributed by atoms with E-state index in [1.54, 1.807) is 6.92 Å². The van der Waals surface area contributed by atoms with Crippen molar-refractivity contribution in [1.29, 1.82) is 0 Å². The molecule has 0 aliphatic rings. The number of ether oxygens (including phenoxy) is 1. The Balaban J connectivity index is -0.0000000483. The number of rotatable bonds is 1. The van der Waals surface area contributed by atoms with Crippen molar-refractivity contribution in [2.75, 3.05) is 6.61 Å². The molecule has 11 heavy (non-hydrogen) atoms. The molecule has 0 aliphatic heterocycles. The molecule has 2 N–H and O–H groups in total. The van der Waals surface area contributed by atoms with E-state index in [-0.39, 0.29) is 37.0 Å². The quantitative estimate of drug-likeness (QED) is 0.351. The Morgan fingerprint density at radius 1 is 1.45 bits per heavy atom. The molecular weight excluding hydrogens is 163 g/mol. The molecule has 0 bridgehead atoms. The maximum Gasteiger partial charge on any atom is 1.00 e. The van der Waals surface area contributed by atoms with Gasteiger partial charge in [0.1, 0.15) is 0 Å². The van der Waals surface area contributed by atoms with E-state index in [0.717, 1.165) is 0 Å². The smallest absolute Gasteiger partial charge is 1.00 e. The average molecular weight is 174 g/mol. The van der Waals surface area contributed by atoms with Crippen molar-refractivity contribution < 1.29 is 55.5 Å². The van der Waals surface area contributed by atoms with E-state index in [1.165, 1.54) is 6.92 Å². The van der Waals surface area contributed by atoms with Crippen LogP contribution in [0.2, 0.25) is 0 Å². The molecule has 0 unspecified atom stereocenters. The third-order valence-corrected chi connectivity index (χ3v) is 0.348. The van der Waals surface area contributed by atoms with Gasteiger partial charge < -0.3 is 16.4 Å². The third kappa shape index (κ3) is 77.7. The first-order chi connectivity index (χ1) is 4.50. The molecule has 5 nitrogen and oxygen atoms in total. The summed E-state index contributed by atoms with van der Waals surface area (Å²) in [4.78, 5) is 18.4. The number of hydrogen-bond acceptors (Lipinski definition) is 3. The molecule has 0 saturated heterocycles. The molecule has 0 saturated carbocycles. The number of carboxylic acid groups (broad SMARTS) is 2. The average Bonchev–Trinajstić information content (AvgIpc) is 1.62. The Morgan fingerprint density at radius 3 is 1.73 bits per heavy atom. The molecule has 0 aliphatic carbocycles. The SMILES string of the molecule is CCOC(C)=O.O=C(O)O.[H-].[Na+]. The van der Waals surface area contributed by atoms with E-state index in [4.69, 9.17) is 15.0 Å². The minimum absolute atomic E-state index is 0. The van der Waals surface area contributed by atoms with Gasteiger partial charge in [-0.25, -0.2) is 4.79 Å². The van der Waals surface area contributed by atoms with Crippen molar-refractivity contribution in [3.63, 3.8) is 0 Å². The summed E-state index contributed by atoms with van der Waals surface area (Å²) < 4.78 is 4.40. The van der Waals surface area contributed by atoms with Gasteiger partial charge in [0, 0.05) is 6.92 Å². The van der Waals surface area contributed by atoms with Crippen molar-refractivity contribution in [1.82, 2.24) is 0 Å². The summed E-state index contributed by atoms with van der Waals surface area (Å²) in [7, 11) is 0. The molecule has 0 heterocycles. The summed E-state index contributed by atoms with van der Waals surface area (Å²) in [6.07, 6.45) is -1.83. The number of carbonyl (C=O) groups is 2. The normalized spacial score (nSPS) is 6.36. The van der Waals surface area contributed by atoms with Crippen molar-refractivity contribution in [3.8, 4) is 0 Å². The summed E-state index contributed by atoms with van der Waals surface area (Å²) in [5.74, 6) is -0.211. The van der Waals surface area contributed by atoms with E-state index in [2.05, 4.69) is 4.74 Å². The van der Waals surface area contributed by atoms with Crippen LogP contribution in [0.1, 0.15) is 15.3 Å². The molecular formula is C5H11NaO5. The molecule has 0 atom stereocenters. The first kappa shape index (κ1) is 17.0. The molecule has 0 aromatic rings. The zero-order valence-corrected chi connectivity index (χ0v) is 8.83. The molecule has 6 heteroatoms. The summed E-state index contributed by atoms with van der Waals surface area (Å²) in [5.41, 5.74) is 0. The Labute approximate surface area is 88.1 Å². The van der Waals surface area contributed by atoms with Crippen LogP contribution in [-0.2, 0) is 9.53 Å². The zero-order valence-electron chi connectivity index (χ0n) is 7.83. The van der Waals surface area contributed by atoms with Crippen molar-refractivity contribution in [3.05, 3.63) is 0 Å². The van der Waals surface area contributed by atoms with Crippen LogP contribution >= 0.6 is 0 Å². The third-order valence-electron chi connectivity index (χ3n) is 0.348. The Hall–Kier alpha value is -0.260. The van der Waals surface area contributed by atoms with Gasteiger partial charge in [0.25, 0.3) is 0 Å². The van der Waals surface area contributed by atoms with Gasteiger partial charge in [0.2, 0.25) is 0 Å². The first-order valence-electron chi connectivity index (χ1n) is 2.56. The van der Waals surface area contributed by atoms with Crippen LogP contribution in [-0.4, -0.2) is 28.9 Å². The molecule has 0 spiro atoms. The maximum atomic E-state index is 9.82. The van der Waals surface area contributed by atoms with E-state index in [0.29, 0.717) is 6.61 Å². The summed E-state index contributed by atoms with van der Waals surface area (Å²) >= 11 is 0. The van der Waals surface area contributed by atoms with E-state index < -0.39 is 6.16 Å². The van der Waals surface area contributed by atoms with Gasteiger partial charge >= 0.3 is 41.7 Å². The predicted molar refractivity (Wildman–Crippen MR) is 34.1 cm³/mol. The van der Waals surface area contributed by atoms with E-state index in [9.17, 15) is 4.79 Å². The predicted octanol–water partition coefficient (Wildman–Crippen LogP) is -2.09. The molecule has 0 aromatic carbocycles. The minimum atomic E-state index is -1.83. The van der Waals surface area contributed by atoms with Crippen molar-refractivity contribution in [2.24, 2.45) is 0 Å².